The van der Waals surface area contributed by atoms with E-state index in [9.17, 15) is 4.79 Å². The predicted octanol–water partition coefficient (Wildman–Crippen LogP) is 1.95. The molecule has 90 valence electrons. The van der Waals surface area contributed by atoms with Crippen LogP contribution in [-0.4, -0.2) is 40.4 Å². The third-order valence-electron chi connectivity index (χ3n) is 1.76. The Bertz CT molecular complexity index is 149. The molecule has 0 aliphatic heterocycles. The molecule has 0 radical (unpaired) electrons. The molecule has 5 nitrogen and oxygen atoms in total. The number of hydrogen-bond donors (Lipinski definition) is 0. The summed E-state index contributed by atoms with van der Waals surface area (Å²) in [5.41, 5.74) is 0. The van der Waals surface area contributed by atoms with Crippen LogP contribution < -0.4 is 0 Å². The van der Waals surface area contributed by atoms with Gasteiger partial charge >= 0.3 is 6.16 Å². The van der Waals surface area contributed by atoms with Gasteiger partial charge in [-0.1, -0.05) is 6.42 Å². The van der Waals surface area contributed by atoms with Crippen LogP contribution >= 0.6 is 0 Å². The molecule has 0 saturated carbocycles. The zero-order valence-electron chi connectivity index (χ0n) is 9.49. The van der Waals surface area contributed by atoms with Gasteiger partial charge in [0.25, 0.3) is 0 Å². The monoisotopic (exact) mass is 220 g/mol. The molecule has 5 heteroatoms. The van der Waals surface area contributed by atoms with Gasteiger partial charge in [-0.05, 0) is 19.3 Å². The van der Waals surface area contributed by atoms with Gasteiger partial charge in [0.2, 0.25) is 0 Å². The number of carbonyl (C=O) groups is 1. The highest BCUT2D eigenvalue weighted by atomic mass is 16.8. The lowest BCUT2D eigenvalue weighted by atomic mass is 10.2. The summed E-state index contributed by atoms with van der Waals surface area (Å²) >= 11 is 0. The second kappa shape index (κ2) is 11.3. The van der Waals surface area contributed by atoms with Crippen molar-refractivity contribution in [1.29, 1.82) is 0 Å². The molecule has 0 fully saturated rings. The summed E-state index contributed by atoms with van der Waals surface area (Å²) in [7, 11) is 3.14. The molecule has 0 amide bonds. The molecule has 0 bridgehead atoms. The van der Waals surface area contributed by atoms with Crippen LogP contribution in [0.1, 0.15) is 25.7 Å². The van der Waals surface area contributed by atoms with Gasteiger partial charge in [0.15, 0.2) is 6.79 Å². The van der Waals surface area contributed by atoms with E-state index in [1.807, 2.05) is 0 Å². The van der Waals surface area contributed by atoms with Gasteiger partial charge in [0, 0.05) is 20.8 Å². The van der Waals surface area contributed by atoms with Crippen LogP contribution in [0.5, 0.6) is 0 Å². The van der Waals surface area contributed by atoms with Crippen molar-refractivity contribution in [3.63, 3.8) is 0 Å². The Morgan fingerprint density at radius 2 is 1.53 bits per heavy atom. The van der Waals surface area contributed by atoms with Crippen LogP contribution in [0.15, 0.2) is 0 Å². The van der Waals surface area contributed by atoms with Crippen molar-refractivity contribution in [3.8, 4) is 0 Å². The van der Waals surface area contributed by atoms with E-state index < -0.39 is 6.16 Å². The zero-order chi connectivity index (χ0) is 11.4. The van der Waals surface area contributed by atoms with Crippen LogP contribution in [0.25, 0.3) is 0 Å². The van der Waals surface area contributed by atoms with Gasteiger partial charge in [-0.15, -0.1) is 0 Å². The SMILES string of the molecule is COCCCCCCOC(=O)OCOC. The van der Waals surface area contributed by atoms with E-state index in [-0.39, 0.29) is 6.79 Å². The summed E-state index contributed by atoms with van der Waals surface area (Å²) in [6.07, 6.45) is 3.34. The molecule has 0 spiro atoms. The predicted molar refractivity (Wildman–Crippen MR) is 54.7 cm³/mol. The molecule has 15 heavy (non-hydrogen) atoms. The van der Waals surface area contributed by atoms with Gasteiger partial charge in [-0.25, -0.2) is 4.79 Å². The summed E-state index contributed by atoms with van der Waals surface area (Å²) in [6, 6.07) is 0. The lowest BCUT2D eigenvalue weighted by Crippen LogP contribution is -2.10. The van der Waals surface area contributed by atoms with Gasteiger partial charge in [0.1, 0.15) is 0 Å². The number of ether oxygens (including phenoxy) is 4. The first-order valence-electron chi connectivity index (χ1n) is 5.08. The molecule has 0 N–H and O–H groups in total. The number of unbranched alkanes of at least 4 members (excludes halogenated alkanes) is 3. The normalized spacial score (nSPS) is 10.0. The maximum absolute atomic E-state index is 10.8. The second-order valence-corrected chi connectivity index (χ2v) is 3.06. The minimum atomic E-state index is -0.672. The number of carbonyl (C=O) groups excluding carboxylic acids is 1. The van der Waals surface area contributed by atoms with Crippen molar-refractivity contribution >= 4 is 6.16 Å². The van der Waals surface area contributed by atoms with E-state index in [4.69, 9.17) is 9.47 Å². The largest absolute Gasteiger partial charge is 0.510 e. The van der Waals surface area contributed by atoms with Crippen molar-refractivity contribution in [2.75, 3.05) is 34.2 Å². The van der Waals surface area contributed by atoms with E-state index >= 15 is 0 Å². The summed E-state index contributed by atoms with van der Waals surface area (Å²) in [5.74, 6) is 0. The van der Waals surface area contributed by atoms with Crippen molar-refractivity contribution < 1.29 is 23.7 Å². The highest BCUT2D eigenvalue weighted by Crippen LogP contribution is 2.00. The molecule has 0 aromatic heterocycles. The fourth-order valence-electron chi connectivity index (χ4n) is 1.01. The van der Waals surface area contributed by atoms with Gasteiger partial charge < -0.3 is 18.9 Å². The second-order valence-electron chi connectivity index (χ2n) is 3.06. The van der Waals surface area contributed by atoms with E-state index in [0.717, 1.165) is 32.3 Å². The maximum Gasteiger partial charge on any atom is 0.510 e. The molecule has 0 aliphatic carbocycles. The van der Waals surface area contributed by atoms with Crippen molar-refractivity contribution in [1.82, 2.24) is 0 Å². The third-order valence-corrected chi connectivity index (χ3v) is 1.76. The molecule has 0 atom stereocenters. The van der Waals surface area contributed by atoms with Crippen molar-refractivity contribution in [2.45, 2.75) is 25.7 Å². The molecule has 0 aromatic rings. The Morgan fingerprint density at radius 1 is 0.867 bits per heavy atom. The molecule has 0 aliphatic rings. The molecule has 0 unspecified atom stereocenters. The molecule has 0 saturated heterocycles. The molecular formula is C10H20O5. The number of methoxy groups -OCH3 is 2. The van der Waals surface area contributed by atoms with E-state index in [2.05, 4.69) is 9.47 Å². The average Bonchev–Trinajstić information content (AvgIpc) is 2.25. The number of rotatable bonds is 9. The summed E-state index contributed by atoms with van der Waals surface area (Å²) < 4.78 is 18.8. The quantitative estimate of drug-likeness (QED) is 0.338. The standard InChI is InChI=1S/C10H20O5/c1-12-7-5-3-4-6-8-14-10(11)15-9-13-2/h3-9H2,1-2H3. The topological polar surface area (TPSA) is 54.0 Å². The summed E-state index contributed by atoms with van der Waals surface area (Å²) in [5, 5.41) is 0. The van der Waals surface area contributed by atoms with Crippen LogP contribution in [0.2, 0.25) is 0 Å². The number of hydrogen-bond acceptors (Lipinski definition) is 5. The van der Waals surface area contributed by atoms with Gasteiger partial charge in [-0.2, -0.15) is 0 Å². The fraction of sp³-hybridized carbons (Fsp3) is 0.900. The van der Waals surface area contributed by atoms with Crippen LogP contribution in [0, 0.1) is 0 Å². The molecule has 0 heterocycles. The Morgan fingerprint density at radius 3 is 2.13 bits per heavy atom. The van der Waals surface area contributed by atoms with Gasteiger partial charge in [0.05, 0.1) is 6.61 Å². The van der Waals surface area contributed by atoms with Crippen LogP contribution in [0.3, 0.4) is 0 Å². The minimum absolute atomic E-state index is 0.0628. The van der Waals surface area contributed by atoms with Crippen molar-refractivity contribution in [3.05, 3.63) is 0 Å². The minimum Gasteiger partial charge on any atom is -0.434 e. The first-order chi connectivity index (χ1) is 7.31. The van der Waals surface area contributed by atoms with Crippen LogP contribution in [0.4, 0.5) is 4.79 Å². The maximum atomic E-state index is 10.8. The third kappa shape index (κ3) is 11.1. The molecular weight excluding hydrogens is 200 g/mol. The van der Waals surface area contributed by atoms with Crippen LogP contribution in [-0.2, 0) is 18.9 Å². The summed E-state index contributed by atoms with van der Waals surface area (Å²) in [6.45, 7) is 1.12. The Labute approximate surface area is 90.6 Å². The molecule has 0 rings (SSSR count). The summed E-state index contributed by atoms with van der Waals surface area (Å²) in [4.78, 5) is 10.8. The average molecular weight is 220 g/mol. The Kier molecular flexibility index (Phi) is 10.7. The van der Waals surface area contributed by atoms with E-state index in [1.165, 1.54) is 7.11 Å². The zero-order valence-corrected chi connectivity index (χ0v) is 9.49. The smallest absolute Gasteiger partial charge is 0.434 e. The lowest BCUT2D eigenvalue weighted by molar-refractivity contribution is -0.0264. The Hall–Kier alpha value is -0.810. The Balaban J connectivity index is 3.06. The molecule has 0 aromatic carbocycles. The fourth-order valence-corrected chi connectivity index (χ4v) is 1.01. The van der Waals surface area contributed by atoms with Gasteiger partial charge in [-0.3, -0.25) is 0 Å². The highest BCUT2D eigenvalue weighted by Gasteiger charge is 2.01. The first-order valence-corrected chi connectivity index (χ1v) is 5.08. The highest BCUT2D eigenvalue weighted by molar-refractivity contribution is 5.59. The van der Waals surface area contributed by atoms with Crippen molar-refractivity contribution in [2.24, 2.45) is 0 Å². The van der Waals surface area contributed by atoms with E-state index in [1.54, 1.807) is 7.11 Å². The van der Waals surface area contributed by atoms with E-state index in [0.29, 0.717) is 6.61 Å². The lowest BCUT2D eigenvalue weighted by Gasteiger charge is -2.04. The first kappa shape index (κ1) is 14.2.